The Balaban J connectivity index is 1.36. The molecule has 3 rings (SSSR count). The molecular weight excluding hydrogens is 362 g/mol. The first-order chi connectivity index (χ1) is 14.2. The van der Waals surface area contributed by atoms with Crippen LogP contribution in [0.3, 0.4) is 0 Å². The van der Waals surface area contributed by atoms with Crippen LogP contribution in [-0.4, -0.2) is 55.5 Å². The summed E-state index contributed by atoms with van der Waals surface area (Å²) >= 11 is 0. The van der Waals surface area contributed by atoms with E-state index in [2.05, 4.69) is 63.1 Å². The first kappa shape index (κ1) is 21.6. The second-order valence-corrected chi connectivity index (χ2v) is 8.47. The lowest BCUT2D eigenvalue weighted by Gasteiger charge is -2.22. The van der Waals surface area contributed by atoms with Gasteiger partial charge >= 0.3 is 0 Å². The Labute approximate surface area is 175 Å². The fraction of sp³-hybridized carbons (Fsp3) is 0.652. The zero-order chi connectivity index (χ0) is 20.5. The average molecular weight is 400 g/mol. The Kier molecular flexibility index (Phi) is 8.35. The van der Waals surface area contributed by atoms with Gasteiger partial charge in [0.25, 0.3) is 0 Å². The van der Waals surface area contributed by atoms with Crippen LogP contribution in [0.4, 0.5) is 0 Å². The van der Waals surface area contributed by atoms with Crippen LogP contribution in [-0.2, 0) is 11.3 Å². The van der Waals surface area contributed by atoms with Crippen LogP contribution in [0.2, 0.25) is 0 Å². The minimum atomic E-state index is 0.218. The third-order valence-corrected chi connectivity index (χ3v) is 6.19. The molecule has 2 atom stereocenters. The number of rotatable bonds is 7. The number of aliphatic imine (C=N–C) groups is 1. The highest BCUT2D eigenvalue weighted by atomic mass is 16.1. The lowest BCUT2D eigenvalue weighted by atomic mass is 9.89. The number of amides is 1. The number of hydrogen-bond acceptors (Lipinski definition) is 3. The summed E-state index contributed by atoms with van der Waals surface area (Å²) in [5, 5.41) is 9.96. The van der Waals surface area contributed by atoms with E-state index in [0.29, 0.717) is 25.2 Å². The molecule has 1 saturated carbocycles. The summed E-state index contributed by atoms with van der Waals surface area (Å²) in [6.07, 6.45) is 6.84. The van der Waals surface area contributed by atoms with Crippen molar-refractivity contribution in [3.63, 3.8) is 0 Å². The molecule has 6 heteroatoms. The number of carbonyl (C=O) groups is 1. The van der Waals surface area contributed by atoms with Gasteiger partial charge < -0.3 is 16.0 Å². The smallest absolute Gasteiger partial charge is 0.223 e. The second kappa shape index (κ2) is 11.2. The number of nitrogens with zero attached hydrogens (tertiary/aromatic N) is 2. The van der Waals surface area contributed by atoms with Crippen LogP contribution in [0.1, 0.15) is 51.0 Å². The van der Waals surface area contributed by atoms with Crippen LogP contribution in [0.15, 0.2) is 35.3 Å². The molecule has 1 amide bonds. The fourth-order valence-electron chi connectivity index (χ4n) is 4.50. The van der Waals surface area contributed by atoms with Crippen molar-refractivity contribution < 1.29 is 4.79 Å². The SMILES string of the molecule is CN=C(NCCNC(=O)C1CCCCC1)NC1CC(C)N(Cc2ccccc2)C1. The number of likely N-dealkylation sites (tertiary alicyclic amines) is 1. The Hall–Kier alpha value is -2.08. The molecule has 3 N–H and O–H groups in total. The number of guanidine groups is 1. The fourth-order valence-corrected chi connectivity index (χ4v) is 4.50. The van der Waals surface area contributed by atoms with Gasteiger partial charge in [-0.05, 0) is 31.7 Å². The summed E-state index contributed by atoms with van der Waals surface area (Å²) in [5.41, 5.74) is 1.36. The van der Waals surface area contributed by atoms with E-state index in [1.54, 1.807) is 7.05 Å². The predicted octanol–water partition coefficient (Wildman–Crippen LogP) is 2.51. The third-order valence-electron chi connectivity index (χ3n) is 6.19. The van der Waals surface area contributed by atoms with Crippen molar-refractivity contribution in [2.75, 3.05) is 26.7 Å². The van der Waals surface area contributed by atoms with E-state index in [1.165, 1.54) is 24.8 Å². The lowest BCUT2D eigenvalue weighted by molar-refractivity contribution is -0.125. The van der Waals surface area contributed by atoms with Gasteiger partial charge in [0.2, 0.25) is 5.91 Å². The first-order valence-corrected chi connectivity index (χ1v) is 11.2. The highest BCUT2D eigenvalue weighted by Crippen LogP contribution is 2.23. The zero-order valence-electron chi connectivity index (χ0n) is 18.0. The van der Waals surface area contributed by atoms with Crippen molar-refractivity contribution in [1.82, 2.24) is 20.9 Å². The third kappa shape index (κ3) is 6.74. The minimum absolute atomic E-state index is 0.218. The van der Waals surface area contributed by atoms with Gasteiger partial charge in [-0.25, -0.2) is 0 Å². The monoisotopic (exact) mass is 399 g/mol. The summed E-state index contributed by atoms with van der Waals surface area (Å²) in [6, 6.07) is 11.6. The van der Waals surface area contributed by atoms with Crippen molar-refractivity contribution >= 4 is 11.9 Å². The maximum Gasteiger partial charge on any atom is 0.223 e. The first-order valence-electron chi connectivity index (χ1n) is 11.2. The molecule has 1 saturated heterocycles. The van der Waals surface area contributed by atoms with Crippen molar-refractivity contribution in [2.45, 2.75) is 64.1 Å². The number of carbonyl (C=O) groups excluding carboxylic acids is 1. The summed E-state index contributed by atoms with van der Waals surface area (Å²) in [4.78, 5) is 19.1. The largest absolute Gasteiger partial charge is 0.355 e. The Morgan fingerprint density at radius 2 is 1.83 bits per heavy atom. The summed E-state index contributed by atoms with van der Waals surface area (Å²) in [7, 11) is 1.80. The molecule has 1 aromatic rings. The molecule has 6 nitrogen and oxygen atoms in total. The standard InChI is InChI=1S/C23H37N5O/c1-18-15-21(17-28(18)16-19-9-5-3-6-10-19)27-23(24-2)26-14-13-25-22(29)20-11-7-4-8-12-20/h3,5-6,9-10,18,20-21H,4,7-8,11-17H2,1-2H3,(H,25,29)(H2,24,26,27). The Morgan fingerprint density at radius 3 is 2.55 bits per heavy atom. The molecule has 2 aliphatic rings. The highest BCUT2D eigenvalue weighted by molar-refractivity contribution is 5.80. The van der Waals surface area contributed by atoms with E-state index in [4.69, 9.17) is 0 Å². The van der Waals surface area contributed by atoms with Gasteiger partial charge in [-0.15, -0.1) is 0 Å². The van der Waals surface area contributed by atoms with Gasteiger partial charge in [0.15, 0.2) is 5.96 Å². The molecule has 0 radical (unpaired) electrons. The molecule has 0 bridgehead atoms. The van der Waals surface area contributed by atoms with Gasteiger partial charge in [-0.2, -0.15) is 0 Å². The van der Waals surface area contributed by atoms with Crippen LogP contribution in [0.25, 0.3) is 0 Å². The molecule has 2 unspecified atom stereocenters. The van der Waals surface area contributed by atoms with E-state index >= 15 is 0 Å². The van der Waals surface area contributed by atoms with Gasteiger partial charge in [0.1, 0.15) is 0 Å². The topological polar surface area (TPSA) is 68.8 Å². The van der Waals surface area contributed by atoms with E-state index < -0.39 is 0 Å². The lowest BCUT2D eigenvalue weighted by Crippen LogP contribution is -2.47. The Bertz CT molecular complexity index is 656. The van der Waals surface area contributed by atoms with Crippen LogP contribution in [0.5, 0.6) is 0 Å². The van der Waals surface area contributed by atoms with E-state index in [1.807, 2.05) is 0 Å². The summed E-state index contributed by atoms with van der Waals surface area (Å²) in [6.45, 7) is 5.61. The van der Waals surface area contributed by atoms with Crippen molar-refractivity contribution in [3.05, 3.63) is 35.9 Å². The molecule has 29 heavy (non-hydrogen) atoms. The quantitative estimate of drug-likeness (QED) is 0.374. The summed E-state index contributed by atoms with van der Waals surface area (Å²) < 4.78 is 0. The number of benzene rings is 1. The molecule has 1 aliphatic carbocycles. The molecule has 160 valence electrons. The van der Waals surface area contributed by atoms with Gasteiger partial charge in [-0.1, -0.05) is 49.6 Å². The van der Waals surface area contributed by atoms with Crippen molar-refractivity contribution in [2.24, 2.45) is 10.9 Å². The molecule has 0 spiro atoms. The zero-order valence-corrected chi connectivity index (χ0v) is 18.0. The van der Waals surface area contributed by atoms with E-state index in [9.17, 15) is 4.79 Å². The normalized spacial score (nSPS) is 23.7. The molecule has 0 aromatic heterocycles. The highest BCUT2D eigenvalue weighted by Gasteiger charge is 2.29. The predicted molar refractivity (Wildman–Crippen MR) is 119 cm³/mol. The van der Waals surface area contributed by atoms with E-state index in [-0.39, 0.29) is 11.8 Å². The Morgan fingerprint density at radius 1 is 1.10 bits per heavy atom. The van der Waals surface area contributed by atoms with Crippen LogP contribution in [0, 0.1) is 5.92 Å². The van der Waals surface area contributed by atoms with Crippen LogP contribution >= 0.6 is 0 Å². The van der Waals surface area contributed by atoms with Gasteiger partial charge in [0, 0.05) is 51.2 Å². The number of nitrogens with one attached hydrogen (secondary N) is 3. The second-order valence-electron chi connectivity index (χ2n) is 8.47. The van der Waals surface area contributed by atoms with Crippen molar-refractivity contribution in [3.8, 4) is 0 Å². The minimum Gasteiger partial charge on any atom is -0.355 e. The van der Waals surface area contributed by atoms with Gasteiger partial charge in [-0.3, -0.25) is 14.7 Å². The van der Waals surface area contributed by atoms with Gasteiger partial charge in [0.05, 0.1) is 0 Å². The molecule has 1 aromatic carbocycles. The van der Waals surface area contributed by atoms with E-state index in [0.717, 1.165) is 38.3 Å². The maximum absolute atomic E-state index is 12.2. The van der Waals surface area contributed by atoms with Crippen LogP contribution < -0.4 is 16.0 Å². The molecule has 2 fully saturated rings. The molecule has 1 heterocycles. The average Bonchev–Trinajstić information content (AvgIpc) is 3.10. The molecular formula is C23H37N5O. The summed E-state index contributed by atoms with van der Waals surface area (Å²) in [5.74, 6) is 1.25. The van der Waals surface area contributed by atoms with Crippen molar-refractivity contribution in [1.29, 1.82) is 0 Å². The number of hydrogen-bond donors (Lipinski definition) is 3. The maximum atomic E-state index is 12.2. The molecule has 1 aliphatic heterocycles.